The molecule has 3 N–H and O–H groups in total. The highest BCUT2D eigenvalue weighted by molar-refractivity contribution is 5.95. The molecular formula is C19H13FN2O4. The summed E-state index contributed by atoms with van der Waals surface area (Å²) in [6.07, 6.45) is 1.47. The van der Waals surface area contributed by atoms with Crippen LogP contribution in [0.5, 0.6) is 17.4 Å². The maximum atomic E-state index is 13.3. The number of amides is 1. The van der Waals surface area contributed by atoms with Gasteiger partial charge in [-0.25, -0.2) is 9.37 Å². The second-order valence-electron chi connectivity index (χ2n) is 5.39. The number of phenolic OH excluding ortho intramolecular Hbond substituents is 1. The van der Waals surface area contributed by atoms with Crippen LogP contribution in [0.15, 0.2) is 54.7 Å². The number of primary amides is 1. The number of aromatic nitrogens is 1. The highest BCUT2D eigenvalue weighted by Gasteiger charge is 2.14. The molecule has 0 radical (unpaired) electrons. The third-order valence-corrected chi connectivity index (χ3v) is 3.62. The number of aromatic hydroxyl groups is 1. The monoisotopic (exact) mass is 352 g/mol. The van der Waals surface area contributed by atoms with Gasteiger partial charge in [0.25, 0.3) is 5.91 Å². The number of hydrogen-bond acceptors (Lipinski definition) is 5. The number of ether oxygens (including phenoxy) is 1. The molecule has 0 aliphatic carbocycles. The summed E-state index contributed by atoms with van der Waals surface area (Å²) < 4.78 is 18.8. The topological polar surface area (TPSA) is 103 Å². The van der Waals surface area contributed by atoms with Crippen LogP contribution in [-0.2, 0) is 0 Å². The van der Waals surface area contributed by atoms with Crippen LogP contribution in [0.2, 0.25) is 0 Å². The number of pyridine rings is 1. The lowest BCUT2D eigenvalue weighted by Crippen LogP contribution is -2.13. The second-order valence-corrected chi connectivity index (χ2v) is 5.39. The molecule has 0 saturated carbocycles. The number of phenols is 1. The van der Waals surface area contributed by atoms with Crippen LogP contribution in [-0.4, -0.2) is 22.3 Å². The van der Waals surface area contributed by atoms with E-state index in [1.54, 1.807) is 30.3 Å². The average Bonchev–Trinajstić information content (AvgIpc) is 2.63. The maximum Gasteiger partial charge on any atom is 0.254 e. The molecule has 6 nitrogen and oxygen atoms in total. The Kier molecular flexibility index (Phi) is 4.62. The molecule has 3 rings (SSSR count). The van der Waals surface area contributed by atoms with Gasteiger partial charge >= 0.3 is 0 Å². The third-order valence-electron chi connectivity index (χ3n) is 3.62. The molecule has 0 bridgehead atoms. The molecule has 0 aliphatic rings. The summed E-state index contributed by atoms with van der Waals surface area (Å²) in [6, 6.07) is 12.3. The zero-order chi connectivity index (χ0) is 18.7. The van der Waals surface area contributed by atoms with Crippen molar-refractivity contribution in [3.8, 4) is 28.5 Å². The van der Waals surface area contributed by atoms with Gasteiger partial charge in [-0.1, -0.05) is 18.2 Å². The number of carbonyl (C=O) groups is 2. The van der Waals surface area contributed by atoms with Crippen LogP contribution in [0.25, 0.3) is 11.1 Å². The molecule has 7 heteroatoms. The molecule has 1 heterocycles. The fourth-order valence-electron chi connectivity index (χ4n) is 2.36. The van der Waals surface area contributed by atoms with Crippen molar-refractivity contribution >= 4 is 12.2 Å². The smallest absolute Gasteiger partial charge is 0.254 e. The lowest BCUT2D eigenvalue weighted by atomic mass is 10.0. The molecule has 0 atom stereocenters. The van der Waals surface area contributed by atoms with Gasteiger partial charge in [-0.05, 0) is 41.5 Å². The fraction of sp³-hybridized carbons (Fsp3) is 0. The van der Waals surface area contributed by atoms with Gasteiger partial charge in [0, 0.05) is 0 Å². The second kappa shape index (κ2) is 7.02. The van der Waals surface area contributed by atoms with E-state index < -0.39 is 11.7 Å². The summed E-state index contributed by atoms with van der Waals surface area (Å²) in [4.78, 5) is 26.2. The summed E-state index contributed by atoms with van der Waals surface area (Å²) >= 11 is 0. The van der Waals surface area contributed by atoms with Crippen molar-refractivity contribution < 1.29 is 23.8 Å². The van der Waals surface area contributed by atoms with Crippen LogP contribution in [0.1, 0.15) is 20.7 Å². The molecule has 0 unspecified atom stereocenters. The Morgan fingerprint density at radius 1 is 1.15 bits per heavy atom. The van der Waals surface area contributed by atoms with E-state index in [2.05, 4.69) is 4.98 Å². The summed E-state index contributed by atoms with van der Waals surface area (Å²) in [7, 11) is 0. The van der Waals surface area contributed by atoms with Crippen molar-refractivity contribution in [3.63, 3.8) is 0 Å². The highest BCUT2D eigenvalue weighted by Crippen LogP contribution is 2.30. The minimum Gasteiger partial charge on any atom is -0.507 e. The maximum absolute atomic E-state index is 13.3. The van der Waals surface area contributed by atoms with Crippen LogP contribution < -0.4 is 10.5 Å². The number of aldehydes is 1. The van der Waals surface area contributed by atoms with Crippen LogP contribution in [0.3, 0.4) is 0 Å². The first kappa shape index (κ1) is 17.1. The highest BCUT2D eigenvalue weighted by atomic mass is 19.1. The number of carbonyl (C=O) groups excluding carboxylic acids is 2. The molecule has 0 saturated heterocycles. The molecule has 26 heavy (non-hydrogen) atoms. The minimum absolute atomic E-state index is 0.113. The Labute approximate surface area is 147 Å². The van der Waals surface area contributed by atoms with Crippen molar-refractivity contribution in [1.29, 1.82) is 0 Å². The van der Waals surface area contributed by atoms with Crippen molar-refractivity contribution in [2.75, 3.05) is 0 Å². The van der Waals surface area contributed by atoms with Gasteiger partial charge in [-0.2, -0.15) is 0 Å². The van der Waals surface area contributed by atoms with E-state index in [9.17, 15) is 19.1 Å². The summed E-state index contributed by atoms with van der Waals surface area (Å²) in [5, 5.41) is 9.60. The first-order chi connectivity index (χ1) is 12.5. The van der Waals surface area contributed by atoms with Crippen molar-refractivity contribution in [1.82, 2.24) is 4.98 Å². The van der Waals surface area contributed by atoms with Crippen LogP contribution in [0, 0.1) is 5.82 Å². The molecule has 2 aromatic carbocycles. The summed E-state index contributed by atoms with van der Waals surface area (Å²) in [6.45, 7) is 0. The molecule has 0 aliphatic heterocycles. The lowest BCUT2D eigenvalue weighted by molar-refractivity contribution is 0.0996. The average molecular weight is 352 g/mol. The van der Waals surface area contributed by atoms with Gasteiger partial charge < -0.3 is 15.6 Å². The van der Waals surface area contributed by atoms with Crippen LogP contribution in [0.4, 0.5) is 4.39 Å². The minimum atomic E-state index is -0.864. The number of halogens is 1. The first-order valence-electron chi connectivity index (χ1n) is 7.50. The van der Waals surface area contributed by atoms with Gasteiger partial charge in [0.2, 0.25) is 5.88 Å². The van der Waals surface area contributed by atoms with Gasteiger partial charge in [0.05, 0.1) is 11.8 Å². The van der Waals surface area contributed by atoms with Gasteiger partial charge in [-0.15, -0.1) is 0 Å². The summed E-state index contributed by atoms with van der Waals surface area (Å²) in [5.74, 6) is -1.46. The quantitative estimate of drug-likeness (QED) is 0.686. The van der Waals surface area contributed by atoms with E-state index >= 15 is 0 Å². The van der Waals surface area contributed by atoms with E-state index in [-0.39, 0.29) is 22.8 Å². The predicted molar refractivity (Wildman–Crippen MR) is 91.7 cm³/mol. The van der Waals surface area contributed by atoms with Crippen LogP contribution >= 0.6 is 0 Å². The van der Waals surface area contributed by atoms with Gasteiger partial charge in [-0.3, -0.25) is 9.59 Å². The largest absolute Gasteiger partial charge is 0.507 e. The standard InChI is InChI=1S/C19H13FN2O4/c20-14-8-16(18(21)25)19(22-9-14)26-15-3-1-2-11(7-15)12-4-5-17(24)13(6-12)10-23/h1-10,24H,(H2,21,25). The first-order valence-corrected chi connectivity index (χ1v) is 7.50. The molecule has 1 amide bonds. The third kappa shape index (κ3) is 3.51. The molecule has 130 valence electrons. The zero-order valence-electron chi connectivity index (χ0n) is 13.3. The number of nitrogens with zero attached hydrogens (tertiary/aromatic N) is 1. The van der Waals surface area contributed by atoms with Crippen molar-refractivity contribution in [2.24, 2.45) is 5.73 Å². The molecule has 1 aromatic heterocycles. The predicted octanol–water partition coefficient (Wildman–Crippen LogP) is 3.30. The number of rotatable bonds is 5. The SMILES string of the molecule is NC(=O)c1cc(F)cnc1Oc1cccc(-c2ccc(O)c(C=O)c2)c1. The number of hydrogen-bond donors (Lipinski definition) is 2. The Balaban J connectivity index is 1.96. The van der Waals surface area contributed by atoms with E-state index in [4.69, 9.17) is 10.5 Å². The fourth-order valence-corrected chi connectivity index (χ4v) is 2.36. The van der Waals surface area contributed by atoms with Crippen molar-refractivity contribution in [3.05, 3.63) is 71.7 Å². The van der Waals surface area contributed by atoms with Gasteiger partial charge in [0.15, 0.2) is 6.29 Å². The van der Waals surface area contributed by atoms with Gasteiger partial charge in [0.1, 0.15) is 22.9 Å². The van der Waals surface area contributed by atoms with E-state index in [0.29, 0.717) is 23.2 Å². The van der Waals surface area contributed by atoms with E-state index in [1.807, 2.05) is 0 Å². The van der Waals surface area contributed by atoms with E-state index in [0.717, 1.165) is 12.3 Å². The normalized spacial score (nSPS) is 10.3. The number of nitrogens with two attached hydrogens (primary N) is 1. The zero-order valence-corrected chi connectivity index (χ0v) is 13.3. The molecular weight excluding hydrogens is 339 g/mol. The summed E-state index contributed by atoms with van der Waals surface area (Å²) in [5.41, 5.74) is 6.58. The van der Waals surface area contributed by atoms with Crippen molar-refractivity contribution in [2.45, 2.75) is 0 Å². The Hall–Kier alpha value is -3.74. The Morgan fingerprint density at radius 3 is 2.65 bits per heavy atom. The number of benzene rings is 2. The Bertz CT molecular complexity index is 1000. The molecule has 3 aromatic rings. The molecule has 0 spiro atoms. The lowest BCUT2D eigenvalue weighted by Gasteiger charge is -2.10. The van der Waals surface area contributed by atoms with E-state index in [1.165, 1.54) is 12.1 Å². The Morgan fingerprint density at radius 2 is 1.92 bits per heavy atom. The molecule has 0 fully saturated rings.